The first-order valence-corrected chi connectivity index (χ1v) is 9.84. The maximum atomic E-state index is 8.77. The molecule has 144 valence electrons. The highest BCUT2D eigenvalue weighted by Crippen LogP contribution is 2.29. The van der Waals surface area contributed by atoms with Crippen molar-refractivity contribution >= 4 is 10.8 Å². The molecule has 3 rings (SSSR count). The van der Waals surface area contributed by atoms with Gasteiger partial charge in [0.2, 0.25) is 0 Å². The minimum absolute atomic E-state index is 0.571. The highest BCUT2D eigenvalue weighted by molar-refractivity contribution is 5.87. The van der Waals surface area contributed by atoms with Crippen LogP contribution in [-0.4, -0.2) is 62.3 Å². The quantitative estimate of drug-likeness (QED) is 0.637. The molecule has 1 aliphatic rings. The van der Waals surface area contributed by atoms with Crippen molar-refractivity contribution in [1.29, 1.82) is 5.26 Å². The Kier molecular flexibility index (Phi) is 7.46. The lowest BCUT2D eigenvalue weighted by molar-refractivity contribution is 0.107. The molecule has 0 aliphatic carbocycles. The summed E-state index contributed by atoms with van der Waals surface area (Å²) in [6.07, 6.45) is 0.612. The van der Waals surface area contributed by atoms with Gasteiger partial charge in [-0.15, -0.1) is 0 Å². The van der Waals surface area contributed by atoms with E-state index in [2.05, 4.69) is 52.3 Å². The first-order valence-electron chi connectivity index (χ1n) is 9.84. The van der Waals surface area contributed by atoms with E-state index in [1.54, 1.807) is 0 Å². The second kappa shape index (κ2) is 10.3. The Labute approximate surface area is 162 Å². The van der Waals surface area contributed by atoms with E-state index in [0.29, 0.717) is 26.2 Å². The highest BCUT2D eigenvalue weighted by Gasteiger charge is 2.19. The van der Waals surface area contributed by atoms with E-state index in [0.717, 1.165) is 45.0 Å². The number of nitrogens with zero attached hydrogens (tertiary/aromatic N) is 3. The number of rotatable bonds is 9. The maximum Gasteiger partial charge on any atom is 0.124 e. The smallest absolute Gasteiger partial charge is 0.124 e. The summed E-state index contributed by atoms with van der Waals surface area (Å²) < 4.78 is 11.5. The zero-order valence-electron chi connectivity index (χ0n) is 16.2. The van der Waals surface area contributed by atoms with Gasteiger partial charge in [-0.3, -0.25) is 9.80 Å². The van der Waals surface area contributed by atoms with Gasteiger partial charge in [0.1, 0.15) is 12.4 Å². The summed E-state index contributed by atoms with van der Waals surface area (Å²) in [5.41, 5.74) is 1.26. The van der Waals surface area contributed by atoms with Gasteiger partial charge in [0.15, 0.2) is 0 Å². The molecule has 0 amide bonds. The van der Waals surface area contributed by atoms with Crippen molar-refractivity contribution in [3.63, 3.8) is 0 Å². The van der Waals surface area contributed by atoms with E-state index in [-0.39, 0.29) is 0 Å². The number of hydrogen-bond acceptors (Lipinski definition) is 5. The molecule has 1 saturated heterocycles. The van der Waals surface area contributed by atoms with Crippen LogP contribution in [0.3, 0.4) is 0 Å². The molecule has 5 heteroatoms. The minimum Gasteiger partial charge on any atom is -0.491 e. The third-order valence-electron chi connectivity index (χ3n) is 5.07. The number of benzene rings is 2. The summed E-state index contributed by atoms with van der Waals surface area (Å²) in [7, 11) is 0. The van der Waals surface area contributed by atoms with Crippen LogP contribution in [0, 0.1) is 11.3 Å². The molecule has 0 radical (unpaired) electrons. The van der Waals surface area contributed by atoms with Crippen LogP contribution in [0.25, 0.3) is 10.8 Å². The first kappa shape index (κ1) is 19.6. The zero-order chi connectivity index (χ0) is 18.9. The van der Waals surface area contributed by atoms with E-state index >= 15 is 0 Å². The Bertz CT molecular complexity index is 764. The van der Waals surface area contributed by atoms with Crippen molar-refractivity contribution < 1.29 is 9.47 Å². The maximum absolute atomic E-state index is 8.77. The van der Waals surface area contributed by atoms with Crippen molar-refractivity contribution in [2.75, 3.05) is 52.5 Å². The van der Waals surface area contributed by atoms with Crippen LogP contribution in [-0.2, 0) is 11.3 Å². The molecule has 0 unspecified atom stereocenters. The summed E-state index contributed by atoms with van der Waals surface area (Å²) in [5.74, 6) is 0.959. The van der Waals surface area contributed by atoms with E-state index in [9.17, 15) is 0 Å². The number of fused-ring (bicyclic) bond motifs is 1. The molecule has 5 nitrogen and oxygen atoms in total. The van der Waals surface area contributed by atoms with Crippen LogP contribution >= 0.6 is 0 Å². The summed E-state index contributed by atoms with van der Waals surface area (Å²) in [6.45, 7) is 9.74. The molecule has 0 spiro atoms. The SMILES string of the molecule is CCOCCOc1ccc2ccccc2c1CN1CCN(CCC#N)CC1. The zero-order valence-corrected chi connectivity index (χ0v) is 16.2. The Morgan fingerprint density at radius 1 is 1.00 bits per heavy atom. The highest BCUT2D eigenvalue weighted by atomic mass is 16.5. The average Bonchev–Trinajstić information content (AvgIpc) is 2.72. The molecular weight excluding hydrogens is 338 g/mol. The standard InChI is InChI=1S/C22H29N3O2/c1-2-26-16-17-27-22-9-8-19-6-3-4-7-20(19)21(22)18-25-14-12-24(13-15-25)11-5-10-23/h3-4,6-9H,2,5,11-18H2,1H3. The molecule has 0 bridgehead atoms. The van der Waals surface area contributed by atoms with Gasteiger partial charge in [0, 0.05) is 57.9 Å². The second-order valence-electron chi connectivity index (χ2n) is 6.83. The lowest BCUT2D eigenvalue weighted by Crippen LogP contribution is -2.46. The van der Waals surface area contributed by atoms with Crippen LogP contribution < -0.4 is 4.74 Å². The Morgan fingerprint density at radius 3 is 2.56 bits per heavy atom. The van der Waals surface area contributed by atoms with Crippen molar-refractivity contribution in [2.24, 2.45) is 0 Å². The van der Waals surface area contributed by atoms with E-state index in [1.165, 1.54) is 16.3 Å². The fourth-order valence-corrected chi connectivity index (χ4v) is 3.57. The lowest BCUT2D eigenvalue weighted by Gasteiger charge is -2.34. The predicted molar refractivity (Wildman–Crippen MR) is 108 cm³/mol. The average molecular weight is 367 g/mol. The number of ether oxygens (including phenoxy) is 2. The van der Waals surface area contributed by atoms with Crippen LogP contribution in [0.15, 0.2) is 36.4 Å². The van der Waals surface area contributed by atoms with Crippen molar-refractivity contribution in [3.8, 4) is 11.8 Å². The van der Waals surface area contributed by atoms with Gasteiger partial charge in [-0.2, -0.15) is 5.26 Å². The molecule has 0 N–H and O–H groups in total. The number of piperazine rings is 1. The van der Waals surface area contributed by atoms with Crippen molar-refractivity contribution in [3.05, 3.63) is 42.0 Å². The van der Waals surface area contributed by atoms with Crippen molar-refractivity contribution in [1.82, 2.24) is 9.80 Å². The molecule has 1 aliphatic heterocycles. The second-order valence-corrected chi connectivity index (χ2v) is 6.83. The van der Waals surface area contributed by atoms with Gasteiger partial charge in [-0.25, -0.2) is 0 Å². The van der Waals surface area contributed by atoms with Crippen molar-refractivity contribution in [2.45, 2.75) is 19.9 Å². The first-order chi connectivity index (χ1) is 13.3. The molecule has 0 aromatic heterocycles. The molecule has 0 saturated carbocycles. The van der Waals surface area contributed by atoms with Gasteiger partial charge in [0.25, 0.3) is 0 Å². The Hall–Kier alpha value is -2.13. The van der Waals surface area contributed by atoms with E-state index in [1.807, 2.05) is 6.92 Å². The van der Waals surface area contributed by atoms with Gasteiger partial charge in [-0.05, 0) is 23.8 Å². The Balaban J connectivity index is 1.71. The summed E-state index contributed by atoms with van der Waals surface area (Å²) in [5, 5.41) is 11.3. The monoisotopic (exact) mass is 367 g/mol. The fourth-order valence-electron chi connectivity index (χ4n) is 3.57. The van der Waals surface area contributed by atoms with Crippen LogP contribution in [0.4, 0.5) is 0 Å². The summed E-state index contributed by atoms with van der Waals surface area (Å²) in [4.78, 5) is 4.86. The molecule has 1 fully saturated rings. The fraction of sp³-hybridized carbons (Fsp3) is 0.500. The third-order valence-corrected chi connectivity index (χ3v) is 5.07. The largest absolute Gasteiger partial charge is 0.491 e. The van der Waals surface area contributed by atoms with Crippen LogP contribution in [0.1, 0.15) is 18.9 Å². The molecule has 0 atom stereocenters. The van der Waals surface area contributed by atoms with E-state index < -0.39 is 0 Å². The van der Waals surface area contributed by atoms with Gasteiger partial charge in [-0.1, -0.05) is 30.3 Å². The van der Waals surface area contributed by atoms with E-state index in [4.69, 9.17) is 14.7 Å². The normalized spacial score (nSPS) is 15.7. The molecule has 27 heavy (non-hydrogen) atoms. The van der Waals surface area contributed by atoms with Gasteiger partial charge < -0.3 is 9.47 Å². The lowest BCUT2D eigenvalue weighted by atomic mass is 10.0. The van der Waals surface area contributed by atoms with Crippen LogP contribution in [0.2, 0.25) is 0 Å². The number of hydrogen-bond donors (Lipinski definition) is 0. The number of nitriles is 1. The predicted octanol–water partition coefficient (Wildman–Crippen LogP) is 3.29. The third kappa shape index (κ3) is 5.43. The van der Waals surface area contributed by atoms with Gasteiger partial charge >= 0.3 is 0 Å². The molecule has 2 aromatic rings. The van der Waals surface area contributed by atoms with Crippen LogP contribution in [0.5, 0.6) is 5.75 Å². The minimum atomic E-state index is 0.571. The van der Waals surface area contributed by atoms with Gasteiger partial charge in [0.05, 0.1) is 12.7 Å². The Morgan fingerprint density at radius 2 is 1.78 bits per heavy atom. The molecule has 2 aromatic carbocycles. The summed E-state index contributed by atoms with van der Waals surface area (Å²) in [6, 6.07) is 15.0. The summed E-state index contributed by atoms with van der Waals surface area (Å²) >= 11 is 0. The molecular formula is C22H29N3O2. The molecule has 1 heterocycles. The topological polar surface area (TPSA) is 48.7 Å².